The summed E-state index contributed by atoms with van der Waals surface area (Å²) in [5.41, 5.74) is 15.1. The lowest BCUT2D eigenvalue weighted by Crippen LogP contribution is -1.85. The highest BCUT2D eigenvalue weighted by molar-refractivity contribution is 5.86. The third kappa shape index (κ3) is 8.32. The Morgan fingerprint density at radius 1 is 0.450 bits per heavy atom. The van der Waals surface area contributed by atoms with E-state index in [0.717, 1.165) is 22.5 Å². The minimum Gasteiger partial charge on any atom is -0.412 e. The highest BCUT2D eigenvalue weighted by atomic mass is 35.5. The molecule has 0 aliphatic rings. The van der Waals surface area contributed by atoms with E-state index in [9.17, 15) is 0 Å². The van der Waals surface area contributed by atoms with Crippen molar-refractivity contribution in [3.63, 3.8) is 0 Å². The van der Waals surface area contributed by atoms with Gasteiger partial charge in [0.15, 0.2) is 0 Å². The van der Waals surface area contributed by atoms with Crippen molar-refractivity contribution in [2.75, 3.05) is 11.5 Å². The van der Waals surface area contributed by atoms with Crippen LogP contribution in [0.3, 0.4) is 0 Å². The SMILES string of the molecule is Cl.Cl.Cl.Cl.Nc1ccc(-c2ccc(N)cc2)cc1.O.O. The highest BCUT2D eigenvalue weighted by Gasteiger charge is 1.95. The van der Waals surface area contributed by atoms with Gasteiger partial charge in [0.1, 0.15) is 0 Å². The van der Waals surface area contributed by atoms with Gasteiger partial charge in [-0.3, -0.25) is 0 Å². The van der Waals surface area contributed by atoms with Gasteiger partial charge < -0.3 is 22.4 Å². The molecule has 4 nitrogen and oxygen atoms in total. The summed E-state index contributed by atoms with van der Waals surface area (Å²) in [4.78, 5) is 0. The fourth-order valence-electron chi connectivity index (χ4n) is 1.35. The van der Waals surface area contributed by atoms with Crippen molar-refractivity contribution in [1.29, 1.82) is 0 Å². The molecule has 0 spiro atoms. The summed E-state index contributed by atoms with van der Waals surface area (Å²) in [5.74, 6) is 0. The van der Waals surface area contributed by atoms with Gasteiger partial charge >= 0.3 is 0 Å². The number of hydrogen-bond acceptors (Lipinski definition) is 2. The molecule has 8 N–H and O–H groups in total. The second-order valence-corrected chi connectivity index (χ2v) is 3.24. The largest absolute Gasteiger partial charge is 0.412 e. The fourth-order valence-corrected chi connectivity index (χ4v) is 1.35. The molecule has 0 unspecified atom stereocenters. The molecule has 0 radical (unpaired) electrons. The van der Waals surface area contributed by atoms with Gasteiger partial charge in [-0.05, 0) is 35.4 Å². The first-order valence-electron chi connectivity index (χ1n) is 4.47. The minimum atomic E-state index is 0. The number of anilines is 2. The van der Waals surface area contributed by atoms with Crippen LogP contribution in [0.5, 0.6) is 0 Å². The molecule has 0 atom stereocenters. The molecule has 0 amide bonds. The van der Waals surface area contributed by atoms with Crippen LogP contribution in [0.25, 0.3) is 11.1 Å². The Balaban J connectivity index is -0.000000125. The van der Waals surface area contributed by atoms with Crippen molar-refractivity contribution < 1.29 is 11.0 Å². The summed E-state index contributed by atoms with van der Waals surface area (Å²) in [6.07, 6.45) is 0. The maximum Gasteiger partial charge on any atom is 0.0314 e. The molecule has 8 heteroatoms. The smallest absolute Gasteiger partial charge is 0.0314 e. The van der Waals surface area contributed by atoms with Crippen molar-refractivity contribution in [1.82, 2.24) is 0 Å². The molecule has 0 saturated heterocycles. The van der Waals surface area contributed by atoms with Gasteiger partial charge in [0.2, 0.25) is 0 Å². The van der Waals surface area contributed by atoms with E-state index in [1.165, 1.54) is 0 Å². The number of rotatable bonds is 1. The predicted octanol–water partition coefficient (Wildman–Crippen LogP) is 2.56. The van der Waals surface area contributed by atoms with Crippen LogP contribution in [-0.2, 0) is 0 Å². The Bertz CT molecular complexity index is 395. The van der Waals surface area contributed by atoms with E-state index in [1.54, 1.807) is 0 Å². The number of hydrogen-bond donors (Lipinski definition) is 2. The van der Waals surface area contributed by atoms with Gasteiger partial charge in [-0.25, -0.2) is 0 Å². The number of nitrogen functional groups attached to an aromatic ring is 2. The van der Waals surface area contributed by atoms with Gasteiger partial charge in [-0.1, -0.05) is 24.3 Å². The van der Waals surface area contributed by atoms with Crippen molar-refractivity contribution in [2.45, 2.75) is 0 Å². The van der Waals surface area contributed by atoms with Crippen LogP contribution >= 0.6 is 49.6 Å². The van der Waals surface area contributed by atoms with E-state index in [4.69, 9.17) is 11.5 Å². The van der Waals surface area contributed by atoms with Gasteiger partial charge in [0.25, 0.3) is 0 Å². The zero-order valence-electron chi connectivity index (χ0n) is 10.4. The second-order valence-electron chi connectivity index (χ2n) is 3.24. The first-order valence-corrected chi connectivity index (χ1v) is 4.47. The van der Waals surface area contributed by atoms with E-state index in [-0.39, 0.29) is 60.6 Å². The van der Waals surface area contributed by atoms with E-state index < -0.39 is 0 Å². The zero-order valence-corrected chi connectivity index (χ0v) is 13.7. The molecular formula is C12H20Cl4N2O2. The summed E-state index contributed by atoms with van der Waals surface area (Å²) in [7, 11) is 0. The molecule has 0 heterocycles. The normalized spacial score (nSPS) is 7.00. The Morgan fingerprint density at radius 2 is 0.650 bits per heavy atom. The average Bonchev–Trinajstić information content (AvgIpc) is 2.21. The fraction of sp³-hybridized carbons (Fsp3) is 0. The van der Waals surface area contributed by atoms with Gasteiger partial charge in [0.05, 0.1) is 0 Å². The maximum atomic E-state index is 5.61. The lowest BCUT2D eigenvalue weighted by atomic mass is 10.1. The molecule has 2 aromatic rings. The summed E-state index contributed by atoms with van der Waals surface area (Å²) < 4.78 is 0. The molecule has 0 fully saturated rings. The maximum absolute atomic E-state index is 5.61. The first kappa shape index (κ1) is 31.5. The average molecular weight is 366 g/mol. The number of halogens is 4. The van der Waals surface area contributed by atoms with E-state index in [0.29, 0.717) is 0 Å². The summed E-state index contributed by atoms with van der Waals surface area (Å²) >= 11 is 0. The molecule has 0 saturated carbocycles. The van der Waals surface area contributed by atoms with Crippen LogP contribution in [-0.4, -0.2) is 11.0 Å². The van der Waals surface area contributed by atoms with E-state index in [2.05, 4.69) is 0 Å². The lowest BCUT2D eigenvalue weighted by molar-refractivity contribution is 0.823. The molecule has 20 heavy (non-hydrogen) atoms. The molecule has 0 aromatic heterocycles. The molecule has 0 aliphatic heterocycles. The van der Waals surface area contributed by atoms with Crippen LogP contribution in [0.15, 0.2) is 48.5 Å². The lowest BCUT2D eigenvalue weighted by Gasteiger charge is -2.02. The van der Waals surface area contributed by atoms with Crippen LogP contribution in [0.4, 0.5) is 11.4 Å². The Kier molecular flexibility index (Phi) is 22.9. The van der Waals surface area contributed by atoms with Gasteiger partial charge in [-0.2, -0.15) is 0 Å². The van der Waals surface area contributed by atoms with Crippen LogP contribution in [0, 0.1) is 0 Å². The highest BCUT2D eigenvalue weighted by Crippen LogP contribution is 2.21. The van der Waals surface area contributed by atoms with Crippen molar-refractivity contribution in [2.24, 2.45) is 0 Å². The molecule has 2 rings (SSSR count). The van der Waals surface area contributed by atoms with Gasteiger partial charge in [0, 0.05) is 11.4 Å². The van der Waals surface area contributed by atoms with Crippen LogP contribution in [0.1, 0.15) is 0 Å². The Morgan fingerprint density at radius 3 is 0.850 bits per heavy atom. The molecule has 118 valence electrons. The molecule has 0 aliphatic carbocycles. The van der Waals surface area contributed by atoms with Crippen molar-refractivity contribution >= 4 is 61.0 Å². The minimum absolute atomic E-state index is 0. The van der Waals surface area contributed by atoms with E-state index >= 15 is 0 Å². The number of nitrogens with two attached hydrogens (primary N) is 2. The Labute approximate surface area is 143 Å². The standard InChI is InChI=1S/C12H12N2.4ClH.2H2O/c13-11-5-1-9(2-6-11)10-3-7-12(14)8-4-10;;;;;;/h1-8H,13-14H2;4*1H;2*1H2. The number of benzene rings is 2. The zero-order chi connectivity index (χ0) is 9.97. The van der Waals surface area contributed by atoms with E-state index in [1.807, 2.05) is 48.5 Å². The molecule has 2 aromatic carbocycles. The predicted molar refractivity (Wildman–Crippen MR) is 96.9 cm³/mol. The third-order valence-electron chi connectivity index (χ3n) is 2.15. The van der Waals surface area contributed by atoms with Gasteiger partial charge in [-0.15, -0.1) is 49.6 Å². The molecule has 0 bridgehead atoms. The first-order chi connectivity index (χ1) is 6.75. The monoisotopic (exact) mass is 364 g/mol. The summed E-state index contributed by atoms with van der Waals surface area (Å²) in [5, 5.41) is 0. The third-order valence-corrected chi connectivity index (χ3v) is 2.15. The quantitative estimate of drug-likeness (QED) is 0.755. The topological polar surface area (TPSA) is 115 Å². The second kappa shape index (κ2) is 14.5. The van der Waals surface area contributed by atoms with Crippen molar-refractivity contribution in [3.05, 3.63) is 48.5 Å². The molecular weight excluding hydrogens is 346 g/mol. The summed E-state index contributed by atoms with van der Waals surface area (Å²) in [6.45, 7) is 0. The van der Waals surface area contributed by atoms with Crippen LogP contribution in [0.2, 0.25) is 0 Å². The Hall–Kier alpha value is -0.880. The van der Waals surface area contributed by atoms with Crippen LogP contribution < -0.4 is 11.5 Å². The summed E-state index contributed by atoms with van der Waals surface area (Å²) in [6, 6.07) is 15.6. The van der Waals surface area contributed by atoms with Crippen molar-refractivity contribution in [3.8, 4) is 11.1 Å².